The minimum atomic E-state index is 0.159. The second kappa shape index (κ2) is 5.13. The van der Waals surface area contributed by atoms with Crippen LogP contribution in [0.3, 0.4) is 0 Å². The summed E-state index contributed by atoms with van der Waals surface area (Å²) in [5.74, 6) is 0.159. The molecule has 0 heterocycles. The maximum absolute atomic E-state index is 10.2. The number of nitrogen functional groups attached to an aromatic ring is 1. The molecule has 0 bridgehead atoms. The smallest absolute Gasteiger partial charge is 0.144 e. The fourth-order valence-electron chi connectivity index (χ4n) is 2.31. The minimum Gasteiger partial charge on any atom is -0.505 e. The second-order valence-electron chi connectivity index (χ2n) is 4.74. The van der Waals surface area contributed by atoms with Crippen molar-refractivity contribution in [1.29, 1.82) is 0 Å². The highest BCUT2D eigenvalue weighted by atomic mass is 16.3. The summed E-state index contributed by atoms with van der Waals surface area (Å²) in [6, 6.07) is 19.6. The summed E-state index contributed by atoms with van der Waals surface area (Å²) in [6.45, 7) is 0.533. The van der Waals surface area contributed by atoms with Crippen molar-refractivity contribution in [2.75, 3.05) is 11.1 Å². The molecule has 3 aromatic carbocycles. The fourth-order valence-corrected chi connectivity index (χ4v) is 2.31. The van der Waals surface area contributed by atoms with E-state index in [0.717, 1.165) is 22.0 Å². The molecule has 0 atom stereocenters. The van der Waals surface area contributed by atoms with Gasteiger partial charge in [0.05, 0.1) is 5.69 Å². The Kier molecular flexibility index (Phi) is 3.17. The van der Waals surface area contributed by atoms with Crippen LogP contribution in [0.5, 0.6) is 5.75 Å². The van der Waals surface area contributed by atoms with Crippen LogP contribution in [0.25, 0.3) is 10.8 Å². The lowest BCUT2D eigenvalue weighted by atomic mass is 10.0. The van der Waals surface area contributed by atoms with Crippen LogP contribution >= 0.6 is 0 Å². The van der Waals surface area contributed by atoms with Crippen molar-refractivity contribution in [3.63, 3.8) is 0 Å². The SMILES string of the molecule is Nc1c(O)c(CNc2ccccc2)cc2ccccc12. The van der Waals surface area contributed by atoms with Crippen LogP contribution in [-0.2, 0) is 6.54 Å². The maximum Gasteiger partial charge on any atom is 0.144 e. The van der Waals surface area contributed by atoms with E-state index < -0.39 is 0 Å². The summed E-state index contributed by atoms with van der Waals surface area (Å²) >= 11 is 0. The number of para-hydroxylation sites is 1. The van der Waals surface area contributed by atoms with Crippen molar-refractivity contribution in [3.05, 3.63) is 66.2 Å². The standard InChI is InChI=1S/C17H16N2O/c18-16-15-9-5-4-6-12(15)10-13(17(16)20)11-19-14-7-2-1-3-8-14/h1-10,19-20H,11,18H2. The summed E-state index contributed by atoms with van der Waals surface area (Å²) in [7, 11) is 0. The lowest BCUT2D eigenvalue weighted by molar-refractivity contribution is 0.472. The van der Waals surface area contributed by atoms with Gasteiger partial charge in [-0.2, -0.15) is 0 Å². The van der Waals surface area contributed by atoms with E-state index in [9.17, 15) is 5.11 Å². The zero-order valence-corrected chi connectivity index (χ0v) is 11.0. The molecule has 0 aliphatic carbocycles. The van der Waals surface area contributed by atoms with Crippen molar-refractivity contribution < 1.29 is 5.11 Å². The van der Waals surface area contributed by atoms with Gasteiger partial charge in [0.2, 0.25) is 0 Å². The van der Waals surface area contributed by atoms with Crippen LogP contribution in [-0.4, -0.2) is 5.11 Å². The first-order valence-corrected chi connectivity index (χ1v) is 6.53. The number of anilines is 2. The Bertz CT molecular complexity index is 739. The van der Waals surface area contributed by atoms with Crippen molar-refractivity contribution in [1.82, 2.24) is 0 Å². The molecule has 0 unspecified atom stereocenters. The van der Waals surface area contributed by atoms with Crippen molar-refractivity contribution in [2.45, 2.75) is 6.54 Å². The molecule has 3 rings (SSSR count). The molecule has 0 amide bonds. The highest BCUT2D eigenvalue weighted by molar-refractivity contribution is 5.96. The van der Waals surface area contributed by atoms with Crippen molar-refractivity contribution >= 4 is 22.1 Å². The molecule has 3 heteroatoms. The van der Waals surface area contributed by atoms with Gasteiger partial charge in [-0.05, 0) is 23.6 Å². The Balaban J connectivity index is 1.94. The average Bonchev–Trinajstić information content (AvgIpc) is 2.50. The molecule has 0 radical (unpaired) electrons. The number of phenolic OH excluding ortho intramolecular Hbond substituents is 1. The summed E-state index contributed by atoms with van der Waals surface area (Å²) in [4.78, 5) is 0. The van der Waals surface area contributed by atoms with Gasteiger partial charge in [-0.15, -0.1) is 0 Å². The Morgan fingerprint density at radius 2 is 1.65 bits per heavy atom. The van der Waals surface area contributed by atoms with Crippen molar-refractivity contribution in [3.8, 4) is 5.75 Å². The third-order valence-corrected chi connectivity index (χ3v) is 3.40. The normalized spacial score (nSPS) is 10.6. The van der Waals surface area contributed by atoms with E-state index in [0.29, 0.717) is 12.2 Å². The Morgan fingerprint density at radius 3 is 2.45 bits per heavy atom. The number of hydrogen-bond acceptors (Lipinski definition) is 3. The van der Waals surface area contributed by atoms with E-state index >= 15 is 0 Å². The summed E-state index contributed by atoms with van der Waals surface area (Å²) in [6.07, 6.45) is 0. The van der Waals surface area contributed by atoms with Gasteiger partial charge in [-0.25, -0.2) is 0 Å². The molecule has 4 N–H and O–H groups in total. The molecule has 0 saturated heterocycles. The van der Waals surface area contributed by atoms with E-state index in [1.165, 1.54) is 0 Å². The molecule has 3 nitrogen and oxygen atoms in total. The first-order chi connectivity index (χ1) is 9.75. The predicted molar refractivity (Wildman–Crippen MR) is 83.8 cm³/mol. The predicted octanol–water partition coefficient (Wildman–Crippen LogP) is 3.74. The zero-order chi connectivity index (χ0) is 13.9. The molecule has 0 aliphatic heterocycles. The molecule has 3 aromatic rings. The third-order valence-electron chi connectivity index (χ3n) is 3.40. The van der Waals surface area contributed by atoms with E-state index in [1.807, 2.05) is 60.7 Å². The fraction of sp³-hybridized carbons (Fsp3) is 0.0588. The van der Waals surface area contributed by atoms with Crippen LogP contribution in [0.1, 0.15) is 5.56 Å². The van der Waals surface area contributed by atoms with Gasteiger partial charge in [0.15, 0.2) is 0 Å². The summed E-state index contributed by atoms with van der Waals surface area (Å²) in [5.41, 5.74) is 8.26. The van der Waals surface area contributed by atoms with Gasteiger partial charge >= 0.3 is 0 Å². The van der Waals surface area contributed by atoms with E-state index in [4.69, 9.17) is 5.73 Å². The topological polar surface area (TPSA) is 58.3 Å². The number of aromatic hydroxyl groups is 1. The Hall–Kier alpha value is -2.68. The number of phenols is 1. The first-order valence-electron chi connectivity index (χ1n) is 6.53. The van der Waals surface area contributed by atoms with Gasteiger partial charge in [-0.3, -0.25) is 0 Å². The molecular formula is C17H16N2O. The van der Waals surface area contributed by atoms with Gasteiger partial charge < -0.3 is 16.2 Å². The molecule has 20 heavy (non-hydrogen) atoms. The van der Waals surface area contributed by atoms with Crippen LogP contribution in [0.4, 0.5) is 11.4 Å². The van der Waals surface area contributed by atoms with Gasteiger partial charge in [0.25, 0.3) is 0 Å². The highest BCUT2D eigenvalue weighted by Gasteiger charge is 2.09. The summed E-state index contributed by atoms with van der Waals surface area (Å²) < 4.78 is 0. The minimum absolute atomic E-state index is 0.159. The maximum atomic E-state index is 10.2. The molecule has 0 fully saturated rings. The lowest BCUT2D eigenvalue weighted by Gasteiger charge is -2.12. The number of benzene rings is 3. The van der Waals surface area contributed by atoms with Crippen LogP contribution in [0.15, 0.2) is 60.7 Å². The number of hydrogen-bond donors (Lipinski definition) is 3. The largest absolute Gasteiger partial charge is 0.505 e. The lowest BCUT2D eigenvalue weighted by Crippen LogP contribution is -2.01. The van der Waals surface area contributed by atoms with E-state index in [2.05, 4.69) is 5.32 Å². The Morgan fingerprint density at radius 1 is 0.950 bits per heavy atom. The molecule has 0 saturated carbocycles. The third kappa shape index (κ3) is 2.26. The van der Waals surface area contributed by atoms with Crippen molar-refractivity contribution in [2.24, 2.45) is 0 Å². The van der Waals surface area contributed by atoms with Gasteiger partial charge in [-0.1, -0.05) is 42.5 Å². The summed E-state index contributed by atoms with van der Waals surface area (Å²) in [5, 5.41) is 15.4. The zero-order valence-electron chi connectivity index (χ0n) is 11.0. The van der Waals surface area contributed by atoms with E-state index in [1.54, 1.807) is 0 Å². The number of rotatable bonds is 3. The Labute approximate surface area is 117 Å². The average molecular weight is 264 g/mol. The molecule has 0 spiro atoms. The molecule has 0 aliphatic rings. The van der Waals surface area contributed by atoms with Gasteiger partial charge in [0, 0.05) is 23.2 Å². The van der Waals surface area contributed by atoms with E-state index in [-0.39, 0.29) is 5.75 Å². The molecular weight excluding hydrogens is 248 g/mol. The second-order valence-corrected chi connectivity index (χ2v) is 4.74. The van der Waals surface area contributed by atoms with Crippen LogP contribution < -0.4 is 11.1 Å². The number of nitrogens with two attached hydrogens (primary N) is 1. The van der Waals surface area contributed by atoms with Crippen LogP contribution in [0.2, 0.25) is 0 Å². The molecule has 0 aromatic heterocycles. The van der Waals surface area contributed by atoms with Crippen LogP contribution in [0, 0.1) is 0 Å². The highest BCUT2D eigenvalue weighted by Crippen LogP contribution is 2.33. The first kappa shape index (κ1) is 12.4. The van der Waals surface area contributed by atoms with Gasteiger partial charge in [0.1, 0.15) is 5.75 Å². The quantitative estimate of drug-likeness (QED) is 0.499. The number of fused-ring (bicyclic) bond motifs is 1. The number of nitrogens with one attached hydrogen (secondary N) is 1. The monoisotopic (exact) mass is 264 g/mol. The molecule has 100 valence electrons.